The zero-order chi connectivity index (χ0) is 13.7. The van der Waals surface area contributed by atoms with Gasteiger partial charge in [0.15, 0.2) is 0 Å². The molecule has 5 nitrogen and oxygen atoms in total. The summed E-state index contributed by atoms with van der Waals surface area (Å²) in [6.07, 6.45) is 5.03. The number of aliphatic hydroxyl groups is 1. The fraction of sp³-hybridized carbons (Fsp3) is 0.929. The van der Waals surface area contributed by atoms with Crippen LogP contribution >= 0.6 is 0 Å². The minimum atomic E-state index is -0.491. The number of ether oxygens (including phenoxy) is 1. The number of rotatable bonds is 6. The molecule has 1 aliphatic heterocycles. The van der Waals surface area contributed by atoms with Crippen molar-refractivity contribution in [2.24, 2.45) is 5.92 Å². The fourth-order valence-electron chi connectivity index (χ4n) is 2.75. The molecular formula is C14H26N2O3. The Morgan fingerprint density at radius 2 is 2.16 bits per heavy atom. The smallest absolute Gasteiger partial charge is 0.221 e. The van der Waals surface area contributed by atoms with Crippen molar-refractivity contribution in [2.45, 2.75) is 57.3 Å². The molecule has 1 aliphatic carbocycles. The molecule has 5 heteroatoms. The molecule has 0 bridgehead atoms. The van der Waals surface area contributed by atoms with Gasteiger partial charge in [-0.05, 0) is 31.6 Å². The van der Waals surface area contributed by atoms with E-state index in [0.29, 0.717) is 32.2 Å². The summed E-state index contributed by atoms with van der Waals surface area (Å²) in [7, 11) is 0. The molecule has 2 aliphatic rings. The predicted molar refractivity (Wildman–Crippen MR) is 72.8 cm³/mol. The van der Waals surface area contributed by atoms with Gasteiger partial charge in [-0.2, -0.15) is 0 Å². The van der Waals surface area contributed by atoms with Crippen LogP contribution in [0.5, 0.6) is 0 Å². The third kappa shape index (κ3) is 5.09. The normalized spacial score (nSPS) is 33.2. The van der Waals surface area contributed by atoms with Crippen molar-refractivity contribution < 1.29 is 14.6 Å². The lowest BCUT2D eigenvalue weighted by Crippen LogP contribution is -2.39. The van der Waals surface area contributed by atoms with Gasteiger partial charge in [0.25, 0.3) is 0 Å². The lowest BCUT2D eigenvalue weighted by atomic mass is 9.89. The summed E-state index contributed by atoms with van der Waals surface area (Å²) >= 11 is 0. The second kappa shape index (κ2) is 7.22. The van der Waals surface area contributed by atoms with Crippen molar-refractivity contribution in [1.82, 2.24) is 10.6 Å². The summed E-state index contributed by atoms with van der Waals surface area (Å²) in [5.41, 5.74) is 0. The van der Waals surface area contributed by atoms with E-state index in [0.717, 1.165) is 18.8 Å². The predicted octanol–water partition coefficient (Wildman–Crippen LogP) is 0.421. The summed E-state index contributed by atoms with van der Waals surface area (Å²) in [6, 6.07) is 0.151. The lowest BCUT2D eigenvalue weighted by molar-refractivity contribution is -0.119. The van der Waals surface area contributed by atoms with Gasteiger partial charge in [0.05, 0.1) is 18.8 Å². The van der Waals surface area contributed by atoms with Gasteiger partial charge in [0.1, 0.15) is 0 Å². The van der Waals surface area contributed by atoms with E-state index >= 15 is 0 Å². The molecule has 1 saturated heterocycles. The van der Waals surface area contributed by atoms with Crippen LogP contribution < -0.4 is 10.6 Å². The van der Waals surface area contributed by atoms with Crippen molar-refractivity contribution in [1.29, 1.82) is 0 Å². The summed E-state index contributed by atoms with van der Waals surface area (Å²) in [4.78, 5) is 11.0. The lowest BCUT2D eigenvalue weighted by Gasteiger charge is -2.27. The van der Waals surface area contributed by atoms with Crippen LogP contribution in [0.1, 0.15) is 39.0 Å². The second-order valence-electron chi connectivity index (χ2n) is 5.98. The van der Waals surface area contributed by atoms with Gasteiger partial charge >= 0.3 is 0 Å². The maximum atomic E-state index is 11.0. The number of amides is 1. The van der Waals surface area contributed by atoms with Crippen LogP contribution in [-0.2, 0) is 9.53 Å². The Hall–Kier alpha value is -0.650. The molecule has 0 spiro atoms. The average Bonchev–Trinajstić information content (AvgIpc) is 2.81. The minimum Gasteiger partial charge on any atom is -0.389 e. The molecule has 0 aromatic carbocycles. The van der Waals surface area contributed by atoms with Crippen LogP contribution in [0.4, 0.5) is 0 Å². The van der Waals surface area contributed by atoms with Gasteiger partial charge in [-0.3, -0.25) is 4.79 Å². The van der Waals surface area contributed by atoms with Crippen LogP contribution in [0.3, 0.4) is 0 Å². The quantitative estimate of drug-likeness (QED) is 0.654. The molecule has 0 radical (unpaired) electrons. The van der Waals surface area contributed by atoms with E-state index in [-0.39, 0.29) is 11.9 Å². The first kappa shape index (κ1) is 14.8. The average molecular weight is 270 g/mol. The Labute approximate surface area is 115 Å². The summed E-state index contributed by atoms with van der Waals surface area (Å²) in [6.45, 7) is 3.82. The Kier molecular flexibility index (Phi) is 5.60. The third-order valence-corrected chi connectivity index (χ3v) is 4.11. The maximum Gasteiger partial charge on any atom is 0.221 e. The van der Waals surface area contributed by atoms with Gasteiger partial charge in [0.2, 0.25) is 5.91 Å². The van der Waals surface area contributed by atoms with Crippen LogP contribution in [0.2, 0.25) is 0 Å². The van der Waals surface area contributed by atoms with Crippen LogP contribution in [0, 0.1) is 5.92 Å². The van der Waals surface area contributed by atoms with E-state index in [1.807, 2.05) is 0 Å². The zero-order valence-corrected chi connectivity index (χ0v) is 11.7. The molecular weight excluding hydrogens is 244 g/mol. The molecule has 2 fully saturated rings. The number of nitrogens with one attached hydrogen (secondary N) is 2. The molecule has 2 rings (SSSR count). The first-order valence-corrected chi connectivity index (χ1v) is 7.43. The highest BCUT2D eigenvalue weighted by molar-refractivity contribution is 5.78. The number of hydrogen-bond acceptors (Lipinski definition) is 4. The molecule has 0 aromatic heterocycles. The van der Waals surface area contributed by atoms with Crippen LogP contribution in [-0.4, -0.2) is 49.0 Å². The Morgan fingerprint density at radius 3 is 2.79 bits per heavy atom. The highest BCUT2D eigenvalue weighted by atomic mass is 16.5. The van der Waals surface area contributed by atoms with Gasteiger partial charge < -0.3 is 20.5 Å². The molecule has 19 heavy (non-hydrogen) atoms. The van der Waals surface area contributed by atoms with Crippen molar-refractivity contribution >= 4 is 5.91 Å². The van der Waals surface area contributed by atoms with E-state index in [4.69, 9.17) is 4.74 Å². The Bertz CT molecular complexity index is 290. The molecule has 1 heterocycles. The Morgan fingerprint density at radius 1 is 1.42 bits per heavy atom. The van der Waals surface area contributed by atoms with E-state index in [1.165, 1.54) is 12.8 Å². The standard InChI is InChI=1S/C14H26N2O3/c1-10-2-4-13(5-3-10)19-9-12(17)8-15-11-6-14(18)16-7-11/h10-13,15,17H,2-9H2,1H3,(H,16,18). The van der Waals surface area contributed by atoms with Gasteiger partial charge in [0, 0.05) is 25.6 Å². The maximum absolute atomic E-state index is 11.0. The van der Waals surface area contributed by atoms with Crippen LogP contribution in [0.25, 0.3) is 0 Å². The number of hydrogen-bond donors (Lipinski definition) is 3. The van der Waals surface area contributed by atoms with Crippen molar-refractivity contribution in [3.05, 3.63) is 0 Å². The third-order valence-electron chi connectivity index (χ3n) is 4.11. The summed E-state index contributed by atoms with van der Waals surface area (Å²) in [5.74, 6) is 0.901. The molecule has 110 valence electrons. The molecule has 2 unspecified atom stereocenters. The SMILES string of the molecule is CC1CCC(OCC(O)CNC2CNC(=O)C2)CC1. The van der Waals surface area contributed by atoms with Gasteiger partial charge in [-0.1, -0.05) is 6.92 Å². The van der Waals surface area contributed by atoms with Gasteiger partial charge in [-0.15, -0.1) is 0 Å². The largest absolute Gasteiger partial charge is 0.389 e. The van der Waals surface area contributed by atoms with E-state index < -0.39 is 6.10 Å². The minimum absolute atomic E-state index is 0.0829. The first-order chi connectivity index (χ1) is 9.13. The second-order valence-corrected chi connectivity index (χ2v) is 5.98. The Balaban J connectivity index is 1.54. The van der Waals surface area contributed by atoms with Crippen molar-refractivity contribution in [2.75, 3.05) is 19.7 Å². The molecule has 1 amide bonds. The highest BCUT2D eigenvalue weighted by Crippen LogP contribution is 2.25. The summed E-state index contributed by atoms with van der Waals surface area (Å²) in [5, 5.41) is 15.8. The molecule has 1 saturated carbocycles. The molecule has 2 atom stereocenters. The number of aliphatic hydroxyl groups excluding tert-OH is 1. The van der Waals surface area contributed by atoms with E-state index in [9.17, 15) is 9.90 Å². The topological polar surface area (TPSA) is 70.6 Å². The summed E-state index contributed by atoms with van der Waals surface area (Å²) < 4.78 is 5.76. The number of carbonyl (C=O) groups is 1. The molecule has 0 aromatic rings. The zero-order valence-electron chi connectivity index (χ0n) is 11.7. The fourth-order valence-corrected chi connectivity index (χ4v) is 2.75. The molecule has 3 N–H and O–H groups in total. The van der Waals surface area contributed by atoms with Crippen molar-refractivity contribution in [3.8, 4) is 0 Å². The van der Waals surface area contributed by atoms with Gasteiger partial charge in [-0.25, -0.2) is 0 Å². The monoisotopic (exact) mass is 270 g/mol. The van der Waals surface area contributed by atoms with Crippen LogP contribution in [0.15, 0.2) is 0 Å². The van der Waals surface area contributed by atoms with E-state index in [2.05, 4.69) is 17.6 Å². The number of carbonyl (C=O) groups excluding carboxylic acids is 1. The highest BCUT2D eigenvalue weighted by Gasteiger charge is 2.22. The van der Waals surface area contributed by atoms with E-state index in [1.54, 1.807) is 0 Å². The van der Waals surface area contributed by atoms with Crippen molar-refractivity contribution in [3.63, 3.8) is 0 Å². The first-order valence-electron chi connectivity index (χ1n) is 7.43.